The Kier molecular flexibility index (Phi) is 5.41. The minimum absolute atomic E-state index is 0.722. The summed E-state index contributed by atoms with van der Waals surface area (Å²) in [6, 6.07) is 52.3. The minimum Gasteiger partial charge on any atom is -0.307 e. The lowest BCUT2D eigenvalue weighted by atomic mass is 10.0. The first-order chi connectivity index (χ1) is 23.1. The molecular formula is C42H30N4Si. The van der Waals surface area contributed by atoms with Crippen molar-refractivity contribution in [2.24, 2.45) is 0 Å². The Hall–Kier alpha value is -5.78. The summed E-state index contributed by atoms with van der Waals surface area (Å²) in [5, 5.41) is 7.45. The van der Waals surface area contributed by atoms with E-state index in [1.165, 1.54) is 48.7 Å². The van der Waals surface area contributed by atoms with Gasteiger partial charge >= 0.3 is 0 Å². The Balaban J connectivity index is 1.41. The van der Waals surface area contributed by atoms with E-state index < -0.39 is 8.07 Å². The Morgan fingerprint density at radius 1 is 0.489 bits per heavy atom. The number of hydrogen-bond acceptors (Lipinski definition) is 2. The zero-order valence-corrected chi connectivity index (χ0v) is 27.1. The molecule has 3 aromatic heterocycles. The average Bonchev–Trinajstić information content (AvgIpc) is 3.72. The summed E-state index contributed by atoms with van der Waals surface area (Å²) in [6.07, 6.45) is 0. The lowest BCUT2D eigenvalue weighted by Gasteiger charge is -2.19. The summed E-state index contributed by atoms with van der Waals surface area (Å²) in [5.74, 6) is 0.722. The lowest BCUT2D eigenvalue weighted by molar-refractivity contribution is 1.00. The molecule has 1 aliphatic rings. The van der Waals surface area contributed by atoms with Crippen LogP contribution in [-0.4, -0.2) is 27.2 Å². The molecule has 222 valence electrons. The highest BCUT2D eigenvalue weighted by Gasteiger charge is 2.41. The fraction of sp³-hybridized carbons (Fsp3) is 0.0476. The summed E-state index contributed by atoms with van der Waals surface area (Å²) < 4.78 is 4.76. The molecule has 9 aromatic rings. The molecule has 0 spiro atoms. The van der Waals surface area contributed by atoms with E-state index in [-0.39, 0.29) is 0 Å². The summed E-state index contributed by atoms with van der Waals surface area (Å²) >= 11 is 0. The third-order valence-electron chi connectivity index (χ3n) is 10.1. The van der Waals surface area contributed by atoms with Gasteiger partial charge in [0.05, 0.1) is 27.8 Å². The molecule has 4 heterocycles. The van der Waals surface area contributed by atoms with Crippen LogP contribution in [0.25, 0.3) is 77.6 Å². The maximum absolute atomic E-state index is 5.62. The molecule has 5 heteroatoms. The van der Waals surface area contributed by atoms with Crippen molar-refractivity contribution in [3.05, 3.63) is 146 Å². The monoisotopic (exact) mass is 618 g/mol. The Morgan fingerprint density at radius 2 is 1.04 bits per heavy atom. The van der Waals surface area contributed by atoms with Crippen LogP contribution < -0.4 is 10.5 Å². The molecule has 0 bridgehead atoms. The van der Waals surface area contributed by atoms with Crippen molar-refractivity contribution in [3.8, 4) is 34.0 Å². The van der Waals surface area contributed by atoms with E-state index in [9.17, 15) is 0 Å². The topological polar surface area (TPSA) is 35.6 Å². The normalized spacial score (nSPS) is 13.5. The third kappa shape index (κ3) is 3.57. The van der Waals surface area contributed by atoms with E-state index in [4.69, 9.17) is 9.97 Å². The molecule has 1 aliphatic heterocycles. The zero-order chi connectivity index (χ0) is 31.3. The molecule has 0 atom stereocenters. The van der Waals surface area contributed by atoms with Gasteiger partial charge in [0, 0.05) is 43.7 Å². The lowest BCUT2D eigenvalue weighted by Crippen LogP contribution is -2.51. The maximum atomic E-state index is 5.62. The van der Waals surface area contributed by atoms with Crippen LogP contribution in [0.1, 0.15) is 0 Å². The number of nitrogens with zero attached hydrogens (tertiary/aromatic N) is 4. The second kappa shape index (κ2) is 9.61. The van der Waals surface area contributed by atoms with E-state index in [1.54, 1.807) is 0 Å². The van der Waals surface area contributed by atoms with Gasteiger partial charge in [-0.1, -0.05) is 134 Å². The molecule has 4 nitrogen and oxygen atoms in total. The Labute approximate surface area is 273 Å². The highest BCUT2D eigenvalue weighted by Crippen LogP contribution is 2.42. The van der Waals surface area contributed by atoms with Gasteiger partial charge < -0.3 is 4.57 Å². The van der Waals surface area contributed by atoms with Gasteiger partial charge in [0.2, 0.25) is 5.95 Å². The van der Waals surface area contributed by atoms with Crippen LogP contribution in [0, 0.1) is 0 Å². The van der Waals surface area contributed by atoms with Gasteiger partial charge in [-0.3, -0.25) is 4.57 Å². The second-order valence-corrected chi connectivity index (χ2v) is 17.3. The molecular weight excluding hydrogens is 589 g/mol. The standard InChI is InChI=1S/C42H30N4Si/c1-47(2)36-24-14-11-21-33(36)37-38(27-15-5-3-6-16-27)43-42(44-41(37)47)46-35-23-13-10-20-30(35)32-26-25-31-29-19-9-12-22-34(29)45(39(31)40(32)46)28-17-7-4-8-18-28/h3-26H,1-2H3. The number of aromatic nitrogens is 4. The van der Waals surface area contributed by atoms with E-state index in [1.807, 2.05) is 0 Å². The van der Waals surface area contributed by atoms with Crippen LogP contribution >= 0.6 is 0 Å². The Morgan fingerprint density at radius 3 is 1.74 bits per heavy atom. The van der Waals surface area contributed by atoms with E-state index in [2.05, 4.69) is 168 Å². The van der Waals surface area contributed by atoms with E-state index in [0.29, 0.717) is 0 Å². The maximum Gasteiger partial charge on any atom is 0.235 e. The molecule has 10 rings (SSSR count). The molecule has 0 aliphatic carbocycles. The smallest absolute Gasteiger partial charge is 0.235 e. The summed E-state index contributed by atoms with van der Waals surface area (Å²) in [5.41, 5.74) is 10.3. The van der Waals surface area contributed by atoms with Crippen LogP contribution in [0.4, 0.5) is 0 Å². The molecule has 0 N–H and O–H groups in total. The summed E-state index contributed by atoms with van der Waals surface area (Å²) in [4.78, 5) is 11.2. The molecule has 0 radical (unpaired) electrons. The van der Waals surface area contributed by atoms with Crippen LogP contribution in [0.2, 0.25) is 13.1 Å². The van der Waals surface area contributed by atoms with Crippen molar-refractivity contribution in [1.29, 1.82) is 0 Å². The van der Waals surface area contributed by atoms with Gasteiger partial charge in [0.25, 0.3) is 0 Å². The van der Waals surface area contributed by atoms with Crippen molar-refractivity contribution in [1.82, 2.24) is 19.1 Å². The van der Waals surface area contributed by atoms with Gasteiger partial charge in [-0.2, -0.15) is 0 Å². The quantitative estimate of drug-likeness (QED) is 0.185. The SMILES string of the molecule is C[Si]1(C)c2ccccc2-c2c(-c3ccccc3)nc(-n3c4ccccc4c4ccc5c6ccccc6n(-c6ccccc6)c5c43)nc21. The second-order valence-electron chi connectivity index (χ2n) is 13.0. The number of hydrogen-bond donors (Lipinski definition) is 0. The van der Waals surface area contributed by atoms with Crippen molar-refractivity contribution >= 4 is 62.2 Å². The summed E-state index contributed by atoms with van der Waals surface area (Å²) in [6.45, 7) is 4.86. The minimum atomic E-state index is -2.14. The number of benzene rings is 6. The highest BCUT2D eigenvalue weighted by molar-refractivity contribution is 7.03. The average molecular weight is 619 g/mol. The van der Waals surface area contributed by atoms with Crippen LogP contribution in [0.15, 0.2) is 146 Å². The van der Waals surface area contributed by atoms with Crippen LogP contribution in [0.5, 0.6) is 0 Å². The van der Waals surface area contributed by atoms with Crippen molar-refractivity contribution < 1.29 is 0 Å². The first kappa shape index (κ1) is 26.4. The number of rotatable bonds is 3. The zero-order valence-electron chi connectivity index (χ0n) is 26.1. The molecule has 0 unspecified atom stereocenters. The van der Waals surface area contributed by atoms with Crippen molar-refractivity contribution in [3.63, 3.8) is 0 Å². The first-order valence-electron chi connectivity index (χ1n) is 16.2. The summed E-state index contributed by atoms with van der Waals surface area (Å²) in [7, 11) is -2.14. The van der Waals surface area contributed by atoms with Gasteiger partial charge in [-0.25, -0.2) is 9.97 Å². The highest BCUT2D eigenvalue weighted by atomic mass is 28.3. The van der Waals surface area contributed by atoms with Gasteiger partial charge in [0.1, 0.15) is 8.07 Å². The predicted molar refractivity (Wildman–Crippen MR) is 198 cm³/mol. The fourth-order valence-electron chi connectivity index (χ4n) is 7.99. The molecule has 0 saturated carbocycles. The van der Waals surface area contributed by atoms with Gasteiger partial charge in [-0.15, -0.1) is 0 Å². The van der Waals surface area contributed by atoms with Gasteiger partial charge in [0.15, 0.2) is 0 Å². The predicted octanol–water partition coefficient (Wildman–Crippen LogP) is 9.14. The third-order valence-corrected chi connectivity index (χ3v) is 13.4. The molecule has 0 amide bonds. The van der Waals surface area contributed by atoms with Gasteiger partial charge in [-0.05, 0) is 35.0 Å². The van der Waals surface area contributed by atoms with Crippen molar-refractivity contribution in [2.75, 3.05) is 0 Å². The molecule has 6 aromatic carbocycles. The number of para-hydroxylation sites is 3. The molecule has 0 fully saturated rings. The first-order valence-corrected chi connectivity index (χ1v) is 19.2. The van der Waals surface area contributed by atoms with Crippen molar-refractivity contribution in [2.45, 2.75) is 13.1 Å². The van der Waals surface area contributed by atoms with Crippen LogP contribution in [0.3, 0.4) is 0 Å². The molecule has 0 saturated heterocycles. The number of fused-ring (bicyclic) bond motifs is 10. The van der Waals surface area contributed by atoms with E-state index in [0.717, 1.165) is 39.4 Å². The largest absolute Gasteiger partial charge is 0.307 e. The van der Waals surface area contributed by atoms with E-state index >= 15 is 0 Å². The fourth-order valence-corrected chi connectivity index (χ4v) is 10.9. The Bertz CT molecular complexity index is 2700. The van der Waals surface area contributed by atoms with Crippen LogP contribution in [-0.2, 0) is 0 Å². The molecule has 47 heavy (non-hydrogen) atoms.